The standard InChI is InChI=1S/C23H21F3O3/c1-3-28-21-11-10-19(22(25)23(21)26)16-6-4-15(5-7-16)13-29-17-8-9-18(14(2)27)20(24)12-17/h4-12,14,27H,3,13H2,1-2H3. The number of rotatable bonds is 7. The summed E-state index contributed by atoms with van der Waals surface area (Å²) in [6.45, 7) is 3.60. The largest absolute Gasteiger partial charge is 0.491 e. The lowest BCUT2D eigenvalue weighted by atomic mass is 10.0. The summed E-state index contributed by atoms with van der Waals surface area (Å²) in [5.74, 6) is -2.31. The van der Waals surface area contributed by atoms with Crippen LogP contribution >= 0.6 is 0 Å². The van der Waals surface area contributed by atoms with Gasteiger partial charge in [0.2, 0.25) is 5.82 Å². The molecule has 1 unspecified atom stereocenters. The van der Waals surface area contributed by atoms with E-state index in [2.05, 4.69) is 0 Å². The first-order valence-electron chi connectivity index (χ1n) is 9.21. The van der Waals surface area contributed by atoms with E-state index in [9.17, 15) is 18.3 Å². The van der Waals surface area contributed by atoms with Gasteiger partial charge in [0.25, 0.3) is 0 Å². The number of benzene rings is 3. The van der Waals surface area contributed by atoms with Gasteiger partial charge in [-0.05, 0) is 49.2 Å². The maximum atomic E-state index is 14.3. The zero-order valence-corrected chi connectivity index (χ0v) is 16.1. The average Bonchev–Trinajstić information content (AvgIpc) is 2.70. The van der Waals surface area contributed by atoms with Gasteiger partial charge in [0.15, 0.2) is 11.6 Å². The molecule has 3 rings (SSSR count). The van der Waals surface area contributed by atoms with Gasteiger partial charge < -0.3 is 14.6 Å². The molecule has 0 amide bonds. The van der Waals surface area contributed by atoms with Gasteiger partial charge in [0, 0.05) is 17.2 Å². The van der Waals surface area contributed by atoms with Gasteiger partial charge in [-0.3, -0.25) is 0 Å². The van der Waals surface area contributed by atoms with Crippen LogP contribution < -0.4 is 9.47 Å². The number of aliphatic hydroxyl groups is 1. The van der Waals surface area contributed by atoms with E-state index in [1.54, 1.807) is 37.3 Å². The highest BCUT2D eigenvalue weighted by atomic mass is 19.2. The third kappa shape index (κ3) is 4.71. The van der Waals surface area contributed by atoms with E-state index in [1.165, 1.54) is 31.2 Å². The third-order valence-electron chi connectivity index (χ3n) is 4.44. The van der Waals surface area contributed by atoms with Crippen LogP contribution in [0.1, 0.15) is 31.1 Å². The first kappa shape index (κ1) is 20.7. The van der Waals surface area contributed by atoms with Gasteiger partial charge in [-0.15, -0.1) is 0 Å². The molecular weight excluding hydrogens is 381 g/mol. The highest BCUT2D eigenvalue weighted by molar-refractivity contribution is 5.65. The van der Waals surface area contributed by atoms with Crippen molar-refractivity contribution in [1.82, 2.24) is 0 Å². The molecule has 0 aliphatic rings. The molecule has 0 saturated carbocycles. The van der Waals surface area contributed by atoms with Crippen LogP contribution in [-0.4, -0.2) is 11.7 Å². The Morgan fingerprint density at radius 1 is 0.897 bits per heavy atom. The number of hydrogen-bond donors (Lipinski definition) is 1. The number of aliphatic hydroxyl groups excluding tert-OH is 1. The molecule has 0 heterocycles. The van der Waals surface area contributed by atoms with Gasteiger partial charge >= 0.3 is 0 Å². The average molecular weight is 402 g/mol. The van der Waals surface area contributed by atoms with Crippen molar-refractivity contribution >= 4 is 0 Å². The first-order chi connectivity index (χ1) is 13.9. The Hall–Kier alpha value is -2.99. The van der Waals surface area contributed by atoms with E-state index in [4.69, 9.17) is 9.47 Å². The van der Waals surface area contributed by atoms with E-state index < -0.39 is 23.6 Å². The first-order valence-corrected chi connectivity index (χ1v) is 9.21. The summed E-state index contributed by atoms with van der Waals surface area (Å²) in [4.78, 5) is 0. The van der Waals surface area contributed by atoms with E-state index in [-0.39, 0.29) is 30.1 Å². The van der Waals surface area contributed by atoms with Crippen molar-refractivity contribution < 1.29 is 27.8 Å². The van der Waals surface area contributed by atoms with Gasteiger partial charge in [-0.2, -0.15) is 4.39 Å². The van der Waals surface area contributed by atoms with Crippen molar-refractivity contribution in [1.29, 1.82) is 0 Å². The summed E-state index contributed by atoms with van der Waals surface area (Å²) in [6, 6.07) is 13.9. The van der Waals surface area contributed by atoms with Crippen LogP contribution in [0.4, 0.5) is 13.2 Å². The van der Waals surface area contributed by atoms with Crippen LogP contribution in [0.15, 0.2) is 54.6 Å². The molecule has 0 radical (unpaired) electrons. The minimum Gasteiger partial charge on any atom is -0.491 e. The minimum atomic E-state index is -1.01. The maximum Gasteiger partial charge on any atom is 0.201 e. The Kier molecular flexibility index (Phi) is 6.44. The Labute approximate surface area is 167 Å². The monoisotopic (exact) mass is 402 g/mol. The van der Waals surface area contributed by atoms with Crippen molar-refractivity contribution in [2.24, 2.45) is 0 Å². The zero-order valence-electron chi connectivity index (χ0n) is 16.1. The Balaban J connectivity index is 1.71. The van der Waals surface area contributed by atoms with Crippen LogP contribution in [0, 0.1) is 17.5 Å². The van der Waals surface area contributed by atoms with E-state index in [1.807, 2.05) is 0 Å². The second-order valence-corrected chi connectivity index (χ2v) is 6.52. The molecule has 0 aliphatic carbocycles. The molecule has 0 aromatic heterocycles. The van der Waals surface area contributed by atoms with Gasteiger partial charge in [-0.25, -0.2) is 8.78 Å². The molecule has 3 aromatic carbocycles. The molecule has 0 spiro atoms. The lowest BCUT2D eigenvalue weighted by Gasteiger charge is -2.11. The molecular formula is C23H21F3O3. The van der Waals surface area contributed by atoms with E-state index in [0.29, 0.717) is 11.3 Å². The normalized spacial score (nSPS) is 11.9. The SMILES string of the molecule is CCOc1ccc(-c2ccc(COc3ccc(C(C)O)c(F)c3)cc2)c(F)c1F. The Morgan fingerprint density at radius 3 is 2.24 bits per heavy atom. The summed E-state index contributed by atoms with van der Waals surface area (Å²) in [6.07, 6.45) is -0.899. The van der Waals surface area contributed by atoms with Crippen LogP contribution in [0.25, 0.3) is 11.1 Å². The quantitative estimate of drug-likeness (QED) is 0.543. The summed E-state index contributed by atoms with van der Waals surface area (Å²) >= 11 is 0. The summed E-state index contributed by atoms with van der Waals surface area (Å²) < 4.78 is 52.9. The fraction of sp³-hybridized carbons (Fsp3) is 0.217. The Bertz CT molecular complexity index is 985. The van der Waals surface area contributed by atoms with E-state index >= 15 is 0 Å². The van der Waals surface area contributed by atoms with Crippen molar-refractivity contribution in [2.75, 3.05) is 6.61 Å². The summed E-state index contributed by atoms with van der Waals surface area (Å²) in [5, 5.41) is 9.46. The van der Waals surface area contributed by atoms with Crippen molar-refractivity contribution in [3.63, 3.8) is 0 Å². The molecule has 0 saturated heterocycles. The second kappa shape index (κ2) is 9.01. The highest BCUT2D eigenvalue weighted by Gasteiger charge is 2.15. The van der Waals surface area contributed by atoms with Crippen LogP contribution in [-0.2, 0) is 6.61 Å². The van der Waals surface area contributed by atoms with Gasteiger partial charge in [-0.1, -0.05) is 24.3 Å². The smallest absolute Gasteiger partial charge is 0.201 e. The molecule has 3 aromatic rings. The molecule has 29 heavy (non-hydrogen) atoms. The van der Waals surface area contributed by atoms with Crippen LogP contribution in [0.5, 0.6) is 11.5 Å². The molecule has 152 valence electrons. The van der Waals surface area contributed by atoms with Crippen LogP contribution in [0.2, 0.25) is 0 Å². The number of hydrogen-bond acceptors (Lipinski definition) is 3. The summed E-state index contributed by atoms with van der Waals surface area (Å²) in [7, 11) is 0. The molecule has 3 nitrogen and oxygen atoms in total. The van der Waals surface area contributed by atoms with Gasteiger partial charge in [0.05, 0.1) is 12.7 Å². The topological polar surface area (TPSA) is 38.7 Å². The van der Waals surface area contributed by atoms with E-state index in [0.717, 1.165) is 5.56 Å². The molecule has 6 heteroatoms. The molecule has 0 aliphatic heterocycles. The van der Waals surface area contributed by atoms with Crippen LogP contribution in [0.3, 0.4) is 0 Å². The fourth-order valence-electron chi connectivity index (χ4n) is 2.91. The molecule has 1 atom stereocenters. The van der Waals surface area contributed by atoms with Crippen molar-refractivity contribution in [3.05, 3.63) is 83.2 Å². The summed E-state index contributed by atoms with van der Waals surface area (Å²) in [5.41, 5.74) is 1.63. The van der Waals surface area contributed by atoms with Crippen molar-refractivity contribution in [3.8, 4) is 22.6 Å². The number of halogens is 3. The van der Waals surface area contributed by atoms with Gasteiger partial charge in [0.1, 0.15) is 18.2 Å². The second-order valence-electron chi connectivity index (χ2n) is 6.52. The molecule has 0 bridgehead atoms. The third-order valence-corrected chi connectivity index (χ3v) is 4.44. The lowest BCUT2D eigenvalue weighted by Crippen LogP contribution is -2.00. The molecule has 1 N–H and O–H groups in total. The Morgan fingerprint density at radius 2 is 1.62 bits per heavy atom. The fourth-order valence-corrected chi connectivity index (χ4v) is 2.91. The molecule has 0 fully saturated rings. The highest BCUT2D eigenvalue weighted by Crippen LogP contribution is 2.30. The number of ether oxygens (including phenoxy) is 2. The maximum absolute atomic E-state index is 14.3. The lowest BCUT2D eigenvalue weighted by molar-refractivity contribution is 0.194. The van der Waals surface area contributed by atoms with Crippen molar-refractivity contribution in [2.45, 2.75) is 26.6 Å². The minimum absolute atomic E-state index is 0.118. The predicted molar refractivity (Wildman–Crippen MR) is 104 cm³/mol. The predicted octanol–water partition coefficient (Wildman–Crippen LogP) is 5.80. The zero-order chi connectivity index (χ0) is 21.0.